The molecule has 1 aromatic heterocycles. The lowest BCUT2D eigenvalue weighted by atomic mass is 9.95. The van der Waals surface area contributed by atoms with Crippen molar-refractivity contribution in [3.05, 3.63) is 71.8 Å². The number of carbonyl (C=O) groups is 1. The van der Waals surface area contributed by atoms with Crippen molar-refractivity contribution in [1.82, 2.24) is 19.7 Å². The van der Waals surface area contributed by atoms with Crippen LogP contribution < -0.4 is 4.74 Å². The summed E-state index contributed by atoms with van der Waals surface area (Å²) in [5.41, 5.74) is 2.69. The van der Waals surface area contributed by atoms with Gasteiger partial charge < -0.3 is 9.64 Å². The van der Waals surface area contributed by atoms with Gasteiger partial charge >= 0.3 is 0 Å². The molecule has 3 aromatic rings. The van der Waals surface area contributed by atoms with E-state index >= 15 is 0 Å². The number of para-hydroxylation sites is 2. The summed E-state index contributed by atoms with van der Waals surface area (Å²) in [6.45, 7) is 3.42. The van der Waals surface area contributed by atoms with Crippen LogP contribution in [0.15, 0.2) is 54.9 Å². The van der Waals surface area contributed by atoms with Crippen LogP contribution in [-0.4, -0.2) is 45.8 Å². The Kier molecular flexibility index (Phi) is 5.10. The predicted octanol–water partition coefficient (Wildman–Crippen LogP) is 3.60. The van der Waals surface area contributed by atoms with E-state index in [1.54, 1.807) is 13.4 Å². The van der Waals surface area contributed by atoms with Gasteiger partial charge in [-0.05, 0) is 43.5 Å². The third kappa shape index (κ3) is 3.38. The van der Waals surface area contributed by atoms with E-state index in [0.29, 0.717) is 0 Å². The summed E-state index contributed by atoms with van der Waals surface area (Å²) < 4.78 is 7.34. The third-order valence-electron chi connectivity index (χ3n) is 5.41. The lowest BCUT2D eigenvalue weighted by Crippen LogP contribution is -2.38. The van der Waals surface area contributed by atoms with Crippen molar-refractivity contribution in [2.24, 2.45) is 0 Å². The highest BCUT2D eigenvalue weighted by Gasteiger charge is 2.28. The molecule has 0 N–H and O–H groups in total. The van der Waals surface area contributed by atoms with Crippen molar-refractivity contribution < 1.29 is 9.53 Å². The van der Waals surface area contributed by atoms with Gasteiger partial charge in [-0.2, -0.15) is 5.10 Å². The maximum Gasteiger partial charge on any atom is 0.254 e. The summed E-state index contributed by atoms with van der Waals surface area (Å²) >= 11 is 0. The first-order chi connectivity index (χ1) is 13.7. The number of ether oxygens (including phenoxy) is 1. The number of hydrogen-bond donors (Lipinski definition) is 0. The van der Waals surface area contributed by atoms with Crippen LogP contribution in [0.2, 0.25) is 0 Å². The Labute approximate surface area is 164 Å². The van der Waals surface area contributed by atoms with Gasteiger partial charge in [0.2, 0.25) is 0 Å². The minimum absolute atomic E-state index is 0.114. The van der Waals surface area contributed by atoms with Crippen molar-refractivity contribution in [3.63, 3.8) is 0 Å². The molecule has 0 radical (unpaired) electrons. The zero-order valence-corrected chi connectivity index (χ0v) is 16.2. The fourth-order valence-corrected chi connectivity index (χ4v) is 3.84. The number of aromatic nitrogens is 3. The van der Waals surface area contributed by atoms with Gasteiger partial charge in [0, 0.05) is 24.6 Å². The second kappa shape index (κ2) is 7.84. The molecule has 2 heterocycles. The van der Waals surface area contributed by atoms with Gasteiger partial charge in [-0.3, -0.25) is 4.79 Å². The SMILES string of the molecule is COc1ccccc1-n1ncnc1C1CCN(C(=O)c2ccccc2C)CC1. The molecule has 0 unspecified atom stereocenters. The molecule has 6 heteroatoms. The Balaban J connectivity index is 1.50. The van der Waals surface area contributed by atoms with Crippen LogP contribution >= 0.6 is 0 Å². The summed E-state index contributed by atoms with van der Waals surface area (Å²) in [7, 11) is 1.66. The molecule has 4 rings (SSSR count). The highest BCUT2D eigenvalue weighted by atomic mass is 16.5. The summed E-state index contributed by atoms with van der Waals surface area (Å²) in [6, 6.07) is 15.6. The molecule has 0 saturated carbocycles. The molecule has 1 aliphatic heterocycles. The summed E-state index contributed by atoms with van der Waals surface area (Å²) in [5.74, 6) is 2.06. The quantitative estimate of drug-likeness (QED) is 0.698. The van der Waals surface area contributed by atoms with Crippen LogP contribution in [0.4, 0.5) is 0 Å². The predicted molar refractivity (Wildman–Crippen MR) is 107 cm³/mol. The molecule has 2 aromatic carbocycles. The first-order valence-electron chi connectivity index (χ1n) is 9.57. The Bertz CT molecular complexity index is 974. The molecule has 1 saturated heterocycles. The largest absolute Gasteiger partial charge is 0.494 e. The third-order valence-corrected chi connectivity index (χ3v) is 5.41. The van der Waals surface area contributed by atoms with Gasteiger partial charge in [0.05, 0.1) is 7.11 Å². The van der Waals surface area contributed by atoms with E-state index in [-0.39, 0.29) is 11.8 Å². The van der Waals surface area contributed by atoms with Crippen LogP contribution in [0.1, 0.15) is 40.5 Å². The number of aryl methyl sites for hydroxylation is 1. The Morgan fingerprint density at radius 3 is 2.54 bits per heavy atom. The number of benzene rings is 2. The summed E-state index contributed by atoms with van der Waals surface area (Å²) in [5, 5.41) is 4.43. The van der Waals surface area contributed by atoms with E-state index in [2.05, 4.69) is 10.1 Å². The van der Waals surface area contributed by atoms with Gasteiger partial charge in [0.1, 0.15) is 23.6 Å². The number of methoxy groups -OCH3 is 1. The Hall–Kier alpha value is -3.15. The second-order valence-corrected chi connectivity index (χ2v) is 7.08. The Morgan fingerprint density at radius 2 is 1.79 bits per heavy atom. The van der Waals surface area contributed by atoms with Crippen molar-refractivity contribution in [1.29, 1.82) is 0 Å². The van der Waals surface area contributed by atoms with Crippen LogP contribution in [0, 0.1) is 6.92 Å². The van der Waals surface area contributed by atoms with E-state index in [4.69, 9.17) is 4.74 Å². The van der Waals surface area contributed by atoms with Gasteiger partial charge in [-0.1, -0.05) is 30.3 Å². The standard InChI is InChI=1S/C22H24N4O2/c1-16-7-3-4-8-18(16)22(27)25-13-11-17(12-14-25)21-23-15-24-26(21)19-9-5-6-10-20(19)28-2/h3-10,15,17H,11-14H2,1-2H3. The van der Waals surface area contributed by atoms with E-state index in [9.17, 15) is 4.79 Å². The number of carbonyl (C=O) groups excluding carboxylic acids is 1. The Morgan fingerprint density at radius 1 is 1.07 bits per heavy atom. The first kappa shape index (κ1) is 18.2. The number of nitrogens with zero attached hydrogens (tertiary/aromatic N) is 4. The monoisotopic (exact) mass is 376 g/mol. The second-order valence-electron chi connectivity index (χ2n) is 7.08. The molecule has 28 heavy (non-hydrogen) atoms. The molecule has 0 atom stereocenters. The molecule has 144 valence electrons. The lowest BCUT2D eigenvalue weighted by Gasteiger charge is -2.32. The highest BCUT2D eigenvalue weighted by molar-refractivity contribution is 5.95. The molecule has 6 nitrogen and oxygen atoms in total. The maximum absolute atomic E-state index is 12.9. The average molecular weight is 376 g/mol. The van der Waals surface area contributed by atoms with E-state index in [1.807, 2.05) is 65.0 Å². The lowest BCUT2D eigenvalue weighted by molar-refractivity contribution is 0.0710. The number of piperidine rings is 1. The average Bonchev–Trinajstić information content (AvgIpc) is 3.23. The smallest absolute Gasteiger partial charge is 0.254 e. The molecule has 1 amide bonds. The zero-order valence-electron chi connectivity index (χ0n) is 16.2. The zero-order chi connectivity index (χ0) is 19.5. The number of amides is 1. The highest BCUT2D eigenvalue weighted by Crippen LogP contribution is 2.31. The van der Waals surface area contributed by atoms with Crippen LogP contribution in [0.3, 0.4) is 0 Å². The van der Waals surface area contributed by atoms with Gasteiger partial charge in [-0.25, -0.2) is 9.67 Å². The molecule has 1 aliphatic rings. The fraction of sp³-hybridized carbons (Fsp3) is 0.318. The summed E-state index contributed by atoms with van der Waals surface area (Å²) in [6.07, 6.45) is 3.32. The van der Waals surface area contributed by atoms with Crippen LogP contribution in [0.25, 0.3) is 5.69 Å². The van der Waals surface area contributed by atoms with Crippen molar-refractivity contribution in [3.8, 4) is 11.4 Å². The van der Waals surface area contributed by atoms with Gasteiger partial charge in [0.25, 0.3) is 5.91 Å². The first-order valence-corrected chi connectivity index (χ1v) is 9.57. The van der Waals surface area contributed by atoms with Crippen molar-refractivity contribution >= 4 is 5.91 Å². The number of rotatable bonds is 4. The van der Waals surface area contributed by atoms with E-state index < -0.39 is 0 Å². The normalized spacial score (nSPS) is 14.9. The fourth-order valence-electron chi connectivity index (χ4n) is 3.84. The van der Waals surface area contributed by atoms with Gasteiger partial charge in [0.15, 0.2) is 0 Å². The minimum Gasteiger partial charge on any atom is -0.494 e. The van der Waals surface area contributed by atoms with Crippen LogP contribution in [0.5, 0.6) is 5.75 Å². The molecular formula is C22H24N4O2. The van der Waals surface area contributed by atoms with Crippen molar-refractivity contribution in [2.45, 2.75) is 25.7 Å². The van der Waals surface area contributed by atoms with E-state index in [1.165, 1.54) is 0 Å². The van der Waals surface area contributed by atoms with Crippen LogP contribution in [-0.2, 0) is 0 Å². The number of likely N-dealkylation sites (tertiary alicyclic amines) is 1. The molecule has 1 fully saturated rings. The molecule has 0 bridgehead atoms. The maximum atomic E-state index is 12.9. The summed E-state index contributed by atoms with van der Waals surface area (Å²) in [4.78, 5) is 19.3. The molecule has 0 aliphatic carbocycles. The molecular weight excluding hydrogens is 352 g/mol. The van der Waals surface area contributed by atoms with Gasteiger partial charge in [-0.15, -0.1) is 0 Å². The number of hydrogen-bond acceptors (Lipinski definition) is 4. The van der Waals surface area contributed by atoms with E-state index in [0.717, 1.165) is 54.3 Å². The topological polar surface area (TPSA) is 60.2 Å². The van der Waals surface area contributed by atoms with Crippen molar-refractivity contribution in [2.75, 3.05) is 20.2 Å². The minimum atomic E-state index is 0.114. The molecule has 0 spiro atoms.